The van der Waals surface area contributed by atoms with Crippen LogP contribution in [-0.4, -0.2) is 73.9 Å². The minimum atomic E-state index is -2.57. The minimum absolute atomic E-state index is 0.0381. The summed E-state index contributed by atoms with van der Waals surface area (Å²) < 4.78 is 38.1. The van der Waals surface area contributed by atoms with E-state index in [-0.39, 0.29) is 42.6 Å². The van der Waals surface area contributed by atoms with Crippen LogP contribution in [-0.2, 0) is 16.1 Å². The van der Waals surface area contributed by atoms with Gasteiger partial charge in [0.05, 0.1) is 25.0 Å². The van der Waals surface area contributed by atoms with Crippen molar-refractivity contribution in [2.45, 2.75) is 26.0 Å². The van der Waals surface area contributed by atoms with E-state index in [1.165, 1.54) is 42.3 Å². The van der Waals surface area contributed by atoms with Crippen LogP contribution in [0.15, 0.2) is 54.7 Å². The molecule has 0 unspecified atom stereocenters. The maximum absolute atomic E-state index is 12.9. The van der Waals surface area contributed by atoms with Crippen molar-refractivity contribution in [1.29, 1.82) is 0 Å². The van der Waals surface area contributed by atoms with E-state index in [1.807, 2.05) is 4.90 Å². The van der Waals surface area contributed by atoms with Crippen LogP contribution in [0.1, 0.15) is 23.4 Å². The fourth-order valence-corrected chi connectivity index (χ4v) is 4.58. The number of carbonyl (C=O) groups is 1. The van der Waals surface area contributed by atoms with Gasteiger partial charge in [-0.05, 0) is 47.2 Å². The number of aromatic nitrogens is 6. The number of hydrogen-bond donors (Lipinski definition) is 0. The van der Waals surface area contributed by atoms with Crippen molar-refractivity contribution >= 4 is 23.3 Å². The Hall–Kier alpha value is -5.28. The predicted molar refractivity (Wildman–Crippen MR) is 144 cm³/mol. The molecular formula is C26H25F2N9O5. The van der Waals surface area contributed by atoms with Gasteiger partial charge < -0.3 is 29.4 Å². The molecular weight excluding hydrogens is 556 g/mol. The average Bonchev–Trinajstić information content (AvgIpc) is 3.39. The maximum Gasteiger partial charge on any atom is 0.387 e. The second-order valence-corrected chi connectivity index (χ2v) is 9.23. The van der Waals surface area contributed by atoms with Crippen LogP contribution in [0.4, 0.5) is 26.1 Å². The van der Waals surface area contributed by atoms with Crippen molar-refractivity contribution in [2.24, 2.45) is 0 Å². The zero-order valence-corrected chi connectivity index (χ0v) is 22.5. The quantitative estimate of drug-likeness (QED) is 0.162. The van der Waals surface area contributed by atoms with Gasteiger partial charge in [0, 0.05) is 24.7 Å². The summed E-state index contributed by atoms with van der Waals surface area (Å²) in [6.45, 7) is 2.59. The van der Waals surface area contributed by atoms with Gasteiger partial charge >= 0.3 is 11.8 Å². The molecule has 42 heavy (non-hydrogen) atoms. The second-order valence-electron chi connectivity index (χ2n) is 9.23. The summed E-state index contributed by atoms with van der Waals surface area (Å²) >= 11 is 0. The van der Waals surface area contributed by atoms with Gasteiger partial charge in [-0.2, -0.15) is 0 Å². The number of pyridine rings is 1. The van der Waals surface area contributed by atoms with Crippen LogP contribution in [0.5, 0.6) is 5.88 Å². The molecule has 3 aromatic heterocycles. The van der Waals surface area contributed by atoms with Gasteiger partial charge in [0.15, 0.2) is 5.82 Å². The van der Waals surface area contributed by atoms with Crippen LogP contribution in [0, 0.1) is 17.0 Å². The number of carbonyl (C=O) groups excluding carboxylic acids is 1. The molecule has 0 bridgehead atoms. The average molecular weight is 582 g/mol. The first kappa shape index (κ1) is 28.3. The Morgan fingerprint density at radius 2 is 1.90 bits per heavy atom. The third-order valence-electron chi connectivity index (χ3n) is 6.76. The molecule has 14 nitrogen and oxygen atoms in total. The van der Waals surface area contributed by atoms with Crippen LogP contribution in [0.25, 0.3) is 5.69 Å². The molecule has 1 aliphatic heterocycles. The Morgan fingerprint density at radius 1 is 1.12 bits per heavy atom. The van der Waals surface area contributed by atoms with Gasteiger partial charge in [-0.15, -0.1) is 15.3 Å². The summed E-state index contributed by atoms with van der Waals surface area (Å²) in [6.07, 6.45) is -1.25. The standard InChI is InChI=1S/C26H25F2N9O5/c1-16-21(36(33-30-16)18-7-5-17(6-8-18)24(27)28)15-42-23-10-9-22(31-32-23)34-12-13-35(20(14-34)26(38)41-2)19-4-3-11-29-25(19)37(39)40/h3-11,20,24H,12-15H2,1-2H3/t20-/m0/s1. The minimum Gasteiger partial charge on any atom is -0.470 e. The number of benzene rings is 1. The molecule has 0 spiro atoms. The highest BCUT2D eigenvalue weighted by molar-refractivity contribution is 5.82. The lowest BCUT2D eigenvalue weighted by molar-refractivity contribution is -0.388. The van der Waals surface area contributed by atoms with Crippen molar-refractivity contribution < 1.29 is 28.0 Å². The molecule has 0 N–H and O–H groups in total. The van der Waals surface area contributed by atoms with Crippen LogP contribution in [0.2, 0.25) is 0 Å². The predicted octanol–water partition coefficient (Wildman–Crippen LogP) is 3.05. The van der Waals surface area contributed by atoms with E-state index in [0.29, 0.717) is 29.4 Å². The normalized spacial score (nSPS) is 15.1. The van der Waals surface area contributed by atoms with E-state index in [2.05, 4.69) is 25.5 Å². The lowest BCUT2D eigenvalue weighted by Gasteiger charge is -2.40. The Kier molecular flexibility index (Phi) is 8.12. The topological polar surface area (TPSA) is 155 Å². The summed E-state index contributed by atoms with van der Waals surface area (Å²) in [6, 6.07) is 11.3. The van der Waals surface area contributed by atoms with E-state index >= 15 is 0 Å². The number of ether oxygens (including phenoxy) is 2. The van der Waals surface area contributed by atoms with Crippen molar-refractivity contribution in [3.8, 4) is 11.6 Å². The van der Waals surface area contributed by atoms with E-state index in [9.17, 15) is 23.7 Å². The molecule has 0 radical (unpaired) electrons. The fraction of sp³-hybridized carbons (Fsp3) is 0.308. The summed E-state index contributed by atoms with van der Waals surface area (Å²) in [7, 11) is 1.25. The maximum atomic E-state index is 12.9. The first-order valence-electron chi connectivity index (χ1n) is 12.7. The van der Waals surface area contributed by atoms with Gasteiger partial charge in [0.1, 0.15) is 30.2 Å². The Morgan fingerprint density at radius 3 is 2.57 bits per heavy atom. The Bertz CT molecular complexity index is 1570. The molecule has 4 aromatic rings. The number of halogens is 2. The van der Waals surface area contributed by atoms with Crippen molar-refractivity contribution in [3.63, 3.8) is 0 Å². The molecule has 4 heterocycles. The van der Waals surface area contributed by atoms with Crippen LogP contribution >= 0.6 is 0 Å². The van der Waals surface area contributed by atoms with Gasteiger partial charge in [-0.1, -0.05) is 17.3 Å². The van der Waals surface area contributed by atoms with Crippen LogP contribution < -0.4 is 14.5 Å². The lowest BCUT2D eigenvalue weighted by Crippen LogP contribution is -2.57. The molecule has 1 aliphatic rings. The summed E-state index contributed by atoms with van der Waals surface area (Å²) in [4.78, 5) is 30.9. The van der Waals surface area contributed by atoms with E-state index in [0.717, 1.165) is 0 Å². The van der Waals surface area contributed by atoms with Crippen molar-refractivity contribution in [3.05, 3.63) is 81.8 Å². The molecule has 0 saturated carbocycles. The van der Waals surface area contributed by atoms with Crippen molar-refractivity contribution in [2.75, 3.05) is 36.5 Å². The number of nitro groups is 1. The fourth-order valence-electron chi connectivity index (χ4n) is 4.58. The molecule has 1 saturated heterocycles. The SMILES string of the molecule is COC(=O)[C@@H]1CN(c2ccc(OCc3c(C)nnn3-c3ccc(C(F)F)cc3)nn2)CCN1c1cccnc1[N+](=O)[O-]. The number of piperazine rings is 1. The molecule has 1 aromatic carbocycles. The van der Waals surface area contributed by atoms with Gasteiger partial charge in [0.2, 0.25) is 5.88 Å². The monoisotopic (exact) mass is 581 g/mol. The highest BCUT2D eigenvalue weighted by Crippen LogP contribution is 2.30. The molecule has 1 atom stereocenters. The number of rotatable bonds is 9. The summed E-state index contributed by atoms with van der Waals surface area (Å²) in [5.74, 6) is -0.222. The number of methoxy groups -OCH3 is 1. The second kappa shape index (κ2) is 12.1. The summed E-state index contributed by atoms with van der Waals surface area (Å²) in [5, 5.41) is 28.1. The largest absolute Gasteiger partial charge is 0.470 e. The molecule has 16 heteroatoms. The van der Waals surface area contributed by atoms with E-state index < -0.39 is 23.4 Å². The lowest BCUT2D eigenvalue weighted by atomic mass is 10.1. The zero-order chi connectivity index (χ0) is 29.8. The van der Waals surface area contributed by atoms with Gasteiger partial charge in [-0.25, -0.2) is 18.3 Å². The first-order chi connectivity index (χ1) is 20.3. The number of hydrogen-bond acceptors (Lipinski definition) is 12. The first-order valence-corrected chi connectivity index (χ1v) is 12.7. The number of nitrogens with zero attached hydrogens (tertiary/aromatic N) is 9. The number of aryl methyl sites for hydroxylation is 1. The Balaban J connectivity index is 1.28. The smallest absolute Gasteiger partial charge is 0.387 e. The number of alkyl halides is 2. The molecule has 0 amide bonds. The molecule has 1 fully saturated rings. The Labute approximate surface area is 237 Å². The third-order valence-corrected chi connectivity index (χ3v) is 6.76. The van der Waals surface area contributed by atoms with Gasteiger partial charge in [0.25, 0.3) is 6.43 Å². The number of anilines is 2. The van der Waals surface area contributed by atoms with Gasteiger partial charge in [-0.3, -0.25) is 0 Å². The highest BCUT2D eigenvalue weighted by atomic mass is 19.3. The highest BCUT2D eigenvalue weighted by Gasteiger charge is 2.37. The van der Waals surface area contributed by atoms with E-state index in [1.54, 1.807) is 36.1 Å². The third kappa shape index (κ3) is 5.77. The molecule has 5 rings (SSSR count). The molecule has 218 valence electrons. The van der Waals surface area contributed by atoms with Crippen molar-refractivity contribution in [1.82, 2.24) is 30.2 Å². The number of esters is 1. The molecule has 0 aliphatic carbocycles. The summed E-state index contributed by atoms with van der Waals surface area (Å²) in [5.41, 5.74) is 1.88. The zero-order valence-electron chi connectivity index (χ0n) is 22.5. The van der Waals surface area contributed by atoms with E-state index in [4.69, 9.17) is 9.47 Å². The van der Waals surface area contributed by atoms with Crippen LogP contribution in [0.3, 0.4) is 0 Å².